The van der Waals surface area contributed by atoms with Crippen molar-refractivity contribution in [1.29, 1.82) is 0 Å². The second-order valence-electron chi connectivity index (χ2n) is 3.87. The highest BCUT2D eigenvalue weighted by Gasteiger charge is 2.40. The Bertz CT molecular complexity index is 364. The van der Waals surface area contributed by atoms with Crippen LogP contribution in [0.1, 0.15) is 12.0 Å². The van der Waals surface area contributed by atoms with E-state index < -0.39 is 0 Å². The molecule has 0 radical (unpaired) electrons. The largest absolute Gasteiger partial charge is 0.379 e. The molecule has 1 aliphatic heterocycles. The Hall–Kier alpha value is 0.110. The molecular formula is C11H12Cl2OS. The summed E-state index contributed by atoms with van der Waals surface area (Å²) in [5.74, 6) is 0.836. The normalized spacial score (nSPS) is 18.6. The number of halogens is 2. The predicted molar refractivity (Wildman–Crippen MR) is 67.4 cm³/mol. The second kappa shape index (κ2) is 4.54. The van der Waals surface area contributed by atoms with E-state index in [1.54, 1.807) is 6.07 Å². The van der Waals surface area contributed by atoms with E-state index in [0.29, 0.717) is 5.02 Å². The zero-order valence-corrected chi connectivity index (χ0v) is 10.6. The molecule has 1 aromatic rings. The number of benzene rings is 1. The van der Waals surface area contributed by atoms with Gasteiger partial charge in [0.15, 0.2) is 0 Å². The third-order valence-corrected chi connectivity index (χ3v) is 3.62. The van der Waals surface area contributed by atoms with E-state index >= 15 is 0 Å². The average Bonchev–Trinajstić information content (AvgIpc) is 2.12. The Labute approximate surface area is 105 Å². The summed E-state index contributed by atoms with van der Waals surface area (Å²) < 4.78 is 5.30. The van der Waals surface area contributed by atoms with Crippen molar-refractivity contribution in [2.45, 2.75) is 11.8 Å². The maximum absolute atomic E-state index is 6.20. The molecule has 1 aliphatic rings. The monoisotopic (exact) mass is 262 g/mol. The minimum Gasteiger partial charge on any atom is -0.379 e. The van der Waals surface area contributed by atoms with Gasteiger partial charge < -0.3 is 4.74 Å². The molecule has 0 unspecified atom stereocenters. The molecule has 82 valence electrons. The molecule has 0 aromatic heterocycles. The Kier molecular flexibility index (Phi) is 3.51. The Morgan fingerprint density at radius 3 is 2.53 bits per heavy atom. The molecular weight excluding hydrogens is 251 g/mol. The number of thiol groups is 1. The van der Waals surface area contributed by atoms with Crippen molar-refractivity contribution in [2.75, 3.05) is 19.0 Å². The molecule has 1 saturated heterocycles. The number of hydrogen-bond acceptors (Lipinski definition) is 2. The summed E-state index contributed by atoms with van der Waals surface area (Å²) in [5.41, 5.74) is 1.19. The fourth-order valence-corrected chi connectivity index (χ4v) is 2.95. The van der Waals surface area contributed by atoms with Gasteiger partial charge in [0.1, 0.15) is 0 Å². The molecule has 1 fully saturated rings. The van der Waals surface area contributed by atoms with E-state index in [1.165, 1.54) is 0 Å². The van der Waals surface area contributed by atoms with Gasteiger partial charge in [-0.1, -0.05) is 29.3 Å². The summed E-state index contributed by atoms with van der Waals surface area (Å²) in [6.07, 6.45) is 0.984. The van der Waals surface area contributed by atoms with Crippen molar-refractivity contribution in [3.8, 4) is 0 Å². The summed E-state index contributed by atoms with van der Waals surface area (Å²) in [6.45, 7) is 1.46. The molecule has 4 heteroatoms. The van der Waals surface area contributed by atoms with Crippen molar-refractivity contribution < 1.29 is 4.74 Å². The first-order valence-corrected chi connectivity index (χ1v) is 6.21. The van der Waals surface area contributed by atoms with Crippen molar-refractivity contribution in [1.82, 2.24) is 0 Å². The minimum atomic E-state index is 0.0590. The first-order chi connectivity index (χ1) is 7.18. The zero-order valence-electron chi connectivity index (χ0n) is 8.17. The summed E-state index contributed by atoms with van der Waals surface area (Å²) in [6, 6.07) is 5.66. The molecule has 1 aromatic carbocycles. The van der Waals surface area contributed by atoms with Gasteiger partial charge >= 0.3 is 0 Å². The van der Waals surface area contributed by atoms with Gasteiger partial charge in [0.05, 0.1) is 13.2 Å². The van der Waals surface area contributed by atoms with E-state index in [-0.39, 0.29) is 5.41 Å². The standard InChI is InChI=1S/C11H12Cl2OS/c12-8-1-2-9(10(13)5-8)11(3-4-15)6-14-7-11/h1-2,5,15H,3-4,6-7H2. The number of ether oxygens (including phenoxy) is 1. The topological polar surface area (TPSA) is 9.23 Å². The summed E-state index contributed by atoms with van der Waals surface area (Å²) in [7, 11) is 0. The van der Waals surface area contributed by atoms with Crippen molar-refractivity contribution in [3.63, 3.8) is 0 Å². The van der Waals surface area contributed by atoms with E-state index in [2.05, 4.69) is 12.6 Å². The first-order valence-electron chi connectivity index (χ1n) is 4.82. The average molecular weight is 263 g/mol. The van der Waals surface area contributed by atoms with Crippen molar-refractivity contribution >= 4 is 35.8 Å². The van der Waals surface area contributed by atoms with Gasteiger partial charge in [0.25, 0.3) is 0 Å². The van der Waals surface area contributed by atoms with Gasteiger partial charge in [-0.15, -0.1) is 0 Å². The van der Waals surface area contributed by atoms with Gasteiger partial charge in [-0.2, -0.15) is 12.6 Å². The van der Waals surface area contributed by atoms with Gasteiger partial charge in [-0.25, -0.2) is 0 Å². The van der Waals surface area contributed by atoms with E-state index in [4.69, 9.17) is 27.9 Å². The van der Waals surface area contributed by atoms with Crippen LogP contribution in [0.3, 0.4) is 0 Å². The fourth-order valence-electron chi connectivity index (χ4n) is 1.92. The van der Waals surface area contributed by atoms with E-state index in [1.807, 2.05) is 12.1 Å². The van der Waals surface area contributed by atoms with Crippen LogP contribution in [0.5, 0.6) is 0 Å². The minimum absolute atomic E-state index is 0.0590. The lowest BCUT2D eigenvalue weighted by Gasteiger charge is -2.42. The van der Waals surface area contributed by atoms with Gasteiger partial charge in [-0.3, -0.25) is 0 Å². The lowest BCUT2D eigenvalue weighted by Crippen LogP contribution is -2.47. The number of hydrogen-bond donors (Lipinski definition) is 1. The van der Waals surface area contributed by atoms with Crippen LogP contribution in [0.4, 0.5) is 0 Å². The smallest absolute Gasteiger partial charge is 0.0586 e. The van der Waals surface area contributed by atoms with Crippen LogP contribution in [0.15, 0.2) is 18.2 Å². The second-order valence-corrected chi connectivity index (χ2v) is 5.16. The molecule has 1 nitrogen and oxygen atoms in total. The quantitative estimate of drug-likeness (QED) is 0.820. The van der Waals surface area contributed by atoms with Gasteiger partial charge in [0.2, 0.25) is 0 Å². The highest BCUT2D eigenvalue weighted by atomic mass is 35.5. The first kappa shape index (κ1) is 11.6. The Morgan fingerprint density at radius 2 is 2.07 bits per heavy atom. The van der Waals surface area contributed by atoms with Crippen LogP contribution >= 0.6 is 35.8 Å². The van der Waals surface area contributed by atoms with Gasteiger partial charge in [0, 0.05) is 15.5 Å². The molecule has 0 atom stereocenters. The Morgan fingerprint density at radius 1 is 1.33 bits per heavy atom. The maximum Gasteiger partial charge on any atom is 0.0586 e. The Balaban J connectivity index is 2.34. The highest BCUT2D eigenvalue weighted by molar-refractivity contribution is 7.80. The highest BCUT2D eigenvalue weighted by Crippen LogP contribution is 2.40. The van der Waals surface area contributed by atoms with Gasteiger partial charge in [-0.05, 0) is 29.9 Å². The summed E-state index contributed by atoms with van der Waals surface area (Å²) >= 11 is 16.4. The third kappa shape index (κ3) is 2.14. The molecule has 2 rings (SSSR count). The van der Waals surface area contributed by atoms with Crippen LogP contribution in [0.25, 0.3) is 0 Å². The van der Waals surface area contributed by atoms with Crippen molar-refractivity contribution in [2.24, 2.45) is 0 Å². The van der Waals surface area contributed by atoms with Crippen LogP contribution in [0.2, 0.25) is 10.0 Å². The van der Waals surface area contributed by atoms with Crippen LogP contribution in [0, 0.1) is 0 Å². The molecule has 0 N–H and O–H groups in total. The van der Waals surface area contributed by atoms with Crippen LogP contribution < -0.4 is 0 Å². The molecule has 15 heavy (non-hydrogen) atoms. The molecule has 0 bridgehead atoms. The molecule has 0 spiro atoms. The summed E-state index contributed by atoms with van der Waals surface area (Å²) in [4.78, 5) is 0. The SMILES string of the molecule is SCCC1(c2ccc(Cl)cc2Cl)COC1. The van der Waals surface area contributed by atoms with Crippen molar-refractivity contribution in [3.05, 3.63) is 33.8 Å². The van der Waals surface area contributed by atoms with Crippen LogP contribution in [-0.4, -0.2) is 19.0 Å². The molecule has 0 saturated carbocycles. The predicted octanol–water partition coefficient (Wildman–Crippen LogP) is 3.58. The van der Waals surface area contributed by atoms with E-state index in [9.17, 15) is 0 Å². The summed E-state index contributed by atoms with van der Waals surface area (Å²) in [5, 5.41) is 1.40. The molecule has 0 amide bonds. The maximum atomic E-state index is 6.20. The molecule has 0 aliphatic carbocycles. The number of rotatable bonds is 3. The third-order valence-electron chi connectivity index (χ3n) is 2.85. The molecule has 1 heterocycles. The fraction of sp³-hybridized carbons (Fsp3) is 0.455. The zero-order chi connectivity index (χ0) is 10.9. The lowest BCUT2D eigenvalue weighted by molar-refractivity contribution is -0.0613. The van der Waals surface area contributed by atoms with E-state index in [0.717, 1.165) is 36.0 Å². The lowest BCUT2D eigenvalue weighted by atomic mass is 9.76. The van der Waals surface area contributed by atoms with Crippen LogP contribution in [-0.2, 0) is 10.2 Å².